The number of methoxy groups -OCH3 is 1. The number of sulfonamides is 1. The fourth-order valence-corrected chi connectivity index (χ4v) is 3.65. The Morgan fingerprint density at radius 1 is 1.45 bits per heavy atom. The number of nitrogens with one attached hydrogen (secondary N) is 2. The number of rotatable bonds is 5. The molecule has 0 aliphatic carbocycles. The number of benzene rings is 1. The number of piperidine rings is 1. The highest BCUT2D eigenvalue weighted by Gasteiger charge is 2.29. The van der Waals surface area contributed by atoms with Crippen LogP contribution < -0.4 is 14.8 Å². The van der Waals surface area contributed by atoms with Crippen LogP contribution in [0.25, 0.3) is 0 Å². The second kappa shape index (κ2) is 7.73. The van der Waals surface area contributed by atoms with Crippen LogP contribution in [0.3, 0.4) is 0 Å². The Balaban J connectivity index is 0.00000242. The summed E-state index contributed by atoms with van der Waals surface area (Å²) in [5.74, 6) is 0.236. The van der Waals surface area contributed by atoms with E-state index < -0.39 is 20.6 Å². The van der Waals surface area contributed by atoms with Crippen molar-refractivity contribution >= 4 is 28.1 Å². The molecular formula is C12H18ClN3O5S. The minimum atomic E-state index is -3.95. The Kier molecular flexibility index (Phi) is 6.54. The molecule has 0 radical (unpaired) electrons. The Morgan fingerprint density at radius 3 is 2.73 bits per heavy atom. The highest BCUT2D eigenvalue weighted by molar-refractivity contribution is 7.89. The van der Waals surface area contributed by atoms with Gasteiger partial charge in [0.25, 0.3) is 5.69 Å². The first-order chi connectivity index (χ1) is 9.94. The van der Waals surface area contributed by atoms with E-state index in [4.69, 9.17) is 4.74 Å². The molecule has 1 aromatic carbocycles. The minimum absolute atomic E-state index is 0. The molecule has 2 N–H and O–H groups in total. The van der Waals surface area contributed by atoms with Crippen LogP contribution in [0.15, 0.2) is 23.1 Å². The van der Waals surface area contributed by atoms with Gasteiger partial charge in [-0.05, 0) is 31.5 Å². The van der Waals surface area contributed by atoms with Crippen LogP contribution in [0.4, 0.5) is 5.69 Å². The minimum Gasteiger partial charge on any atom is -0.497 e. The van der Waals surface area contributed by atoms with E-state index in [0.717, 1.165) is 19.0 Å². The van der Waals surface area contributed by atoms with E-state index in [-0.39, 0.29) is 29.1 Å². The number of nitro groups is 1. The van der Waals surface area contributed by atoms with Crippen LogP contribution in [0, 0.1) is 10.1 Å². The van der Waals surface area contributed by atoms with E-state index >= 15 is 0 Å². The number of halogens is 1. The number of hydrogen-bond donors (Lipinski definition) is 2. The average Bonchev–Trinajstić information content (AvgIpc) is 2.47. The van der Waals surface area contributed by atoms with Crippen LogP contribution >= 0.6 is 12.4 Å². The van der Waals surface area contributed by atoms with Gasteiger partial charge in [-0.1, -0.05) is 0 Å². The molecule has 1 fully saturated rings. The zero-order valence-corrected chi connectivity index (χ0v) is 13.6. The SMILES string of the molecule is COc1ccc(S(=O)(=O)N[C@@H]2CCCNC2)c([N+](=O)[O-])c1.Cl. The zero-order chi connectivity index (χ0) is 15.5. The predicted octanol–water partition coefficient (Wildman–Crippen LogP) is 1.06. The third kappa shape index (κ3) is 4.29. The molecule has 0 amide bonds. The van der Waals surface area contributed by atoms with Gasteiger partial charge in [0, 0.05) is 12.6 Å². The lowest BCUT2D eigenvalue weighted by Crippen LogP contribution is -2.45. The molecule has 1 aliphatic rings. The van der Waals surface area contributed by atoms with Crippen molar-refractivity contribution in [2.24, 2.45) is 0 Å². The summed E-state index contributed by atoms with van der Waals surface area (Å²) in [5.41, 5.74) is -0.495. The van der Waals surface area contributed by atoms with E-state index in [9.17, 15) is 18.5 Å². The first-order valence-corrected chi connectivity index (χ1v) is 7.98. The molecule has 8 nitrogen and oxygen atoms in total. The average molecular weight is 352 g/mol. The summed E-state index contributed by atoms with van der Waals surface area (Å²) in [5, 5.41) is 14.2. The maximum atomic E-state index is 12.3. The molecule has 0 unspecified atom stereocenters. The fourth-order valence-electron chi connectivity index (χ4n) is 2.23. The van der Waals surface area contributed by atoms with Crippen LogP contribution in [0.5, 0.6) is 5.75 Å². The van der Waals surface area contributed by atoms with E-state index in [1.165, 1.54) is 19.2 Å². The zero-order valence-electron chi connectivity index (χ0n) is 11.9. The summed E-state index contributed by atoms with van der Waals surface area (Å²) in [4.78, 5) is 10.00. The first-order valence-electron chi connectivity index (χ1n) is 6.49. The maximum absolute atomic E-state index is 12.3. The molecule has 0 saturated carbocycles. The Bertz CT molecular complexity index is 632. The van der Waals surface area contributed by atoms with Crippen molar-refractivity contribution in [3.05, 3.63) is 28.3 Å². The second-order valence-electron chi connectivity index (χ2n) is 4.76. The standard InChI is InChI=1S/C12H17N3O5S.ClH/c1-20-10-4-5-12(11(7-10)15(16)17)21(18,19)14-9-3-2-6-13-8-9;/h4-5,7,9,13-14H,2-3,6,8H2,1H3;1H/t9-;/m1./s1. The van der Waals surface area contributed by atoms with Crippen LogP contribution in [-0.2, 0) is 10.0 Å². The van der Waals surface area contributed by atoms with Crippen molar-refractivity contribution in [3.8, 4) is 5.75 Å². The smallest absolute Gasteiger partial charge is 0.293 e. The summed E-state index contributed by atoms with van der Waals surface area (Å²) in [7, 11) is -2.59. The lowest BCUT2D eigenvalue weighted by atomic mass is 10.1. The molecule has 1 aromatic rings. The molecule has 0 aromatic heterocycles. The highest BCUT2D eigenvalue weighted by Crippen LogP contribution is 2.28. The summed E-state index contributed by atoms with van der Waals surface area (Å²) < 4.78 is 32.1. The summed E-state index contributed by atoms with van der Waals surface area (Å²) in [6.45, 7) is 1.37. The Morgan fingerprint density at radius 2 is 2.18 bits per heavy atom. The van der Waals surface area contributed by atoms with Crippen molar-refractivity contribution < 1.29 is 18.1 Å². The molecule has 1 aliphatic heterocycles. The van der Waals surface area contributed by atoms with Gasteiger partial charge in [0.2, 0.25) is 10.0 Å². The molecule has 124 valence electrons. The predicted molar refractivity (Wildman–Crippen MR) is 83.1 cm³/mol. The topological polar surface area (TPSA) is 111 Å². The molecule has 1 heterocycles. The largest absolute Gasteiger partial charge is 0.497 e. The van der Waals surface area contributed by atoms with Crippen molar-refractivity contribution in [1.29, 1.82) is 0 Å². The monoisotopic (exact) mass is 351 g/mol. The number of nitro benzene ring substituents is 1. The summed E-state index contributed by atoms with van der Waals surface area (Å²) in [6, 6.07) is 3.43. The quantitative estimate of drug-likeness (QED) is 0.606. The van der Waals surface area contributed by atoms with E-state index in [1.807, 2.05) is 0 Å². The molecule has 0 spiro atoms. The molecular weight excluding hydrogens is 334 g/mol. The molecule has 1 atom stereocenters. The van der Waals surface area contributed by atoms with E-state index in [2.05, 4.69) is 10.0 Å². The highest BCUT2D eigenvalue weighted by atomic mass is 35.5. The first kappa shape index (κ1) is 18.6. The third-order valence-corrected chi connectivity index (χ3v) is 4.84. The van der Waals surface area contributed by atoms with Crippen molar-refractivity contribution in [2.75, 3.05) is 20.2 Å². The molecule has 2 rings (SSSR count). The van der Waals surface area contributed by atoms with Gasteiger partial charge in [0.15, 0.2) is 4.90 Å². The van der Waals surface area contributed by atoms with E-state index in [0.29, 0.717) is 13.0 Å². The number of hydrogen-bond acceptors (Lipinski definition) is 6. The van der Waals surface area contributed by atoms with Gasteiger partial charge in [0.05, 0.1) is 18.1 Å². The summed E-state index contributed by atoms with van der Waals surface area (Å²) >= 11 is 0. The van der Waals surface area contributed by atoms with Gasteiger partial charge >= 0.3 is 0 Å². The lowest BCUT2D eigenvalue weighted by molar-refractivity contribution is -0.387. The lowest BCUT2D eigenvalue weighted by Gasteiger charge is -2.23. The normalized spacial score (nSPS) is 18.3. The second-order valence-corrected chi connectivity index (χ2v) is 6.44. The molecule has 1 saturated heterocycles. The van der Waals surface area contributed by atoms with Crippen molar-refractivity contribution in [2.45, 2.75) is 23.8 Å². The van der Waals surface area contributed by atoms with Gasteiger partial charge in [-0.25, -0.2) is 13.1 Å². The molecule has 10 heteroatoms. The van der Waals surface area contributed by atoms with Gasteiger partial charge in [0.1, 0.15) is 5.75 Å². The summed E-state index contributed by atoms with van der Waals surface area (Å²) in [6.07, 6.45) is 1.56. The van der Waals surface area contributed by atoms with Crippen LogP contribution in [-0.4, -0.2) is 39.6 Å². The molecule has 22 heavy (non-hydrogen) atoms. The van der Waals surface area contributed by atoms with Crippen molar-refractivity contribution in [1.82, 2.24) is 10.0 Å². The number of ether oxygens (including phenoxy) is 1. The Hall–Kier alpha value is -1.42. The van der Waals surface area contributed by atoms with Gasteiger partial charge in [-0.3, -0.25) is 10.1 Å². The maximum Gasteiger partial charge on any atom is 0.293 e. The molecule has 0 bridgehead atoms. The number of nitrogens with zero attached hydrogens (tertiary/aromatic N) is 1. The van der Waals surface area contributed by atoms with Crippen LogP contribution in [0.2, 0.25) is 0 Å². The van der Waals surface area contributed by atoms with Crippen LogP contribution in [0.1, 0.15) is 12.8 Å². The van der Waals surface area contributed by atoms with Gasteiger partial charge < -0.3 is 10.1 Å². The van der Waals surface area contributed by atoms with Gasteiger partial charge in [-0.2, -0.15) is 0 Å². The Labute approximate surface area is 134 Å². The van der Waals surface area contributed by atoms with E-state index in [1.54, 1.807) is 0 Å². The van der Waals surface area contributed by atoms with Gasteiger partial charge in [-0.15, -0.1) is 12.4 Å². The fraction of sp³-hybridized carbons (Fsp3) is 0.500. The third-order valence-electron chi connectivity index (χ3n) is 3.27. The van der Waals surface area contributed by atoms with Crippen molar-refractivity contribution in [3.63, 3.8) is 0 Å².